The summed E-state index contributed by atoms with van der Waals surface area (Å²) in [6.45, 7) is 27.3. The average Bonchev–Trinajstić information content (AvgIpc) is 4.34. The van der Waals surface area contributed by atoms with Gasteiger partial charge in [0.15, 0.2) is 46.0 Å². The minimum Gasteiger partial charge on any atom is -0.504 e. The number of hydrogen-bond acceptors (Lipinski definition) is 19. The molecule has 0 unspecified atom stereocenters. The molecule has 25 heteroatoms. The Hall–Kier alpha value is -5.76. The normalized spacial score (nSPS) is 19.1. The lowest BCUT2D eigenvalue weighted by Crippen LogP contribution is -2.41. The van der Waals surface area contributed by atoms with E-state index in [9.17, 15) is 0 Å². The molecule has 13 rings (SSSR count). The second kappa shape index (κ2) is 23.1. The summed E-state index contributed by atoms with van der Waals surface area (Å²) < 4.78 is 72.5. The van der Waals surface area contributed by atoms with Crippen LogP contribution in [0.4, 0.5) is 11.6 Å². The van der Waals surface area contributed by atoms with Crippen LogP contribution in [0.1, 0.15) is 88.0 Å². The number of anilines is 2. The van der Waals surface area contributed by atoms with E-state index in [1.54, 1.807) is 34.3 Å². The number of phenolic OH excluding ortho intramolecular Hbond substituents is 2. The Morgan fingerprint density at radius 2 is 1.06 bits per heavy atom. The predicted molar refractivity (Wildman–Crippen MR) is 318 cm³/mol. The molecule has 6 aliphatic rings. The minimum absolute atomic E-state index is 0.107. The molecule has 0 aliphatic carbocycles. The highest BCUT2D eigenvalue weighted by Gasteiger charge is 2.64. The van der Waals surface area contributed by atoms with Gasteiger partial charge in [-0.15, -0.1) is 11.3 Å². The fourth-order valence-corrected chi connectivity index (χ4v) is 10.4. The molecule has 6 aliphatic heterocycles. The molecule has 0 bridgehead atoms. The third-order valence-corrected chi connectivity index (χ3v) is 17.5. The number of aromatic nitrogens is 4. The number of aryl methyl sites for hydroxylation is 2. The molecule has 0 amide bonds. The Morgan fingerprint density at radius 3 is 1.59 bits per heavy atom. The van der Waals surface area contributed by atoms with Crippen molar-refractivity contribution in [3.8, 4) is 57.1 Å². The molecule has 3 saturated heterocycles. The number of para-hydroxylation sites is 4. The Labute approximate surface area is 493 Å². The second-order valence-electron chi connectivity index (χ2n) is 22.5. The largest absolute Gasteiger partial charge is 0.504 e. The molecule has 3 aromatic heterocycles. The van der Waals surface area contributed by atoms with Gasteiger partial charge in [-0.2, -0.15) is 5.10 Å². The average molecular weight is 1260 g/mol. The monoisotopic (exact) mass is 1260 g/mol. The van der Waals surface area contributed by atoms with Crippen LogP contribution in [0, 0.1) is 6.92 Å². The molecule has 81 heavy (non-hydrogen) atoms. The second-order valence-corrected chi connectivity index (χ2v) is 25.5. The fourth-order valence-electron chi connectivity index (χ4n) is 8.63. The Bertz CT molecular complexity index is 3320. The molecule has 0 radical (unpaired) electrons. The maximum atomic E-state index is 8.91. The smallest absolute Gasteiger partial charge is 0.498 e. The molecule has 19 nitrogen and oxygen atoms in total. The number of ether oxygens (including phenoxy) is 6. The Kier molecular flexibility index (Phi) is 17.1. The van der Waals surface area contributed by atoms with E-state index < -0.39 is 21.1 Å². The summed E-state index contributed by atoms with van der Waals surface area (Å²) in [4.78, 5) is 10.3. The van der Waals surface area contributed by atoms with E-state index in [4.69, 9.17) is 71.5 Å². The van der Waals surface area contributed by atoms with Gasteiger partial charge in [-0.25, -0.2) is 9.97 Å². The molecular formula is C56H66B3Br2N5O14S. The molecule has 428 valence electrons. The summed E-state index contributed by atoms with van der Waals surface area (Å²) in [5.74, 6) is 4.96. The van der Waals surface area contributed by atoms with Crippen molar-refractivity contribution in [2.75, 3.05) is 25.7 Å². The van der Waals surface area contributed by atoms with Crippen molar-refractivity contribution in [1.82, 2.24) is 19.7 Å². The molecule has 4 aromatic carbocycles. The van der Waals surface area contributed by atoms with E-state index in [0.717, 1.165) is 76.3 Å². The van der Waals surface area contributed by atoms with Crippen LogP contribution in [0.25, 0.3) is 21.3 Å². The Morgan fingerprint density at radius 1 is 0.580 bits per heavy atom. The van der Waals surface area contributed by atoms with E-state index >= 15 is 0 Å². The summed E-state index contributed by atoms with van der Waals surface area (Å²) in [6.07, 6.45) is 5.47. The van der Waals surface area contributed by atoms with Gasteiger partial charge >= 0.3 is 21.1 Å². The van der Waals surface area contributed by atoms with Gasteiger partial charge in [-0.1, -0.05) is 36.4 Å². The number of hydrogen-bond donors (Lipinski definition) is 3. The van der Waals surface area contributed by atoms with Crippen LogP contribution in [-0.4, -0.2) is 105 Å². The van der Waals surface area contributed by atoms with Crippen LogP contribution in [0.5, 0.6) is 46.0 Å². The molecule has 0 spiro atoms. The van der Waals surface area contributed by atoms with Gasteiger partial charge in [0, 0.05) is 34.7 Å². The number of aromatic hydroxyl groups is 2. The zero-order valence-corrected chi connectivity index (χ0v) is 51.7. The topological polar surface area (TPSA) is 207 Å². The summed E-state index contributed by atoms with van der Waals surface area (Å²) in [5.41, 5.74) is 2.56. The van der Waals surface area contributed by atoms with Crippen molar-refractivity contribution in [2.24, 2.45) is 7.05 Å². The van der Waals surface area contributed by atoms with Gasteiger partial charge < -0.3 is 71.9 Å². The number of nitrogens with zero attached hydrogens (tertiary/aromatic N) is 4. The molecule has 0 saturated carbocycles. The zero-order valence-electron chi connectivity index (χ0n) is 47.8. The number of halogens is 2. The summed E-state index contributed by atoms with van der Waals surface area (Å²) >= 11 is 8.05. The minimum atomic E-state index is -0.476. The number of benzene rings is 4. The standard InChI is InChI=1S/C18H15N5O2S.C13H17BO4.C12H24B2O4.C7H5BrO2.C6H5BrO2/c1-10-15(12-4-3-5-13-17(12)25-9-24-13)16-14(26-10)7-19-18(22-16)21-11-6-20-23(2)8-11;1-12(2)13(3,4)18-14(17-12)9-6-5-7-10-11(9)16-8-15-10;1-9(2)10(3,4)16-13(15-9)14-17-11(5,6)12(7,8)18-14;8-5-2-1-3-6-7(5)10-4-9-6;7-4-2-1-3-5(8)6(4)9/h3-8H,9H2,1-2H3,(H,19,21,22);5-7H,8H2,1-4H3;1-8H3;1-3H,4H2;1-3,8-9H. The molecule has 9 heterocycles. The quantitative estimate of drug-likeness (QED) is 0.108. The van der Waals surface area contributed by atoms with Crippen LogP contribution in [0.15, 0.2) is 100 Å². The van der Waals surface area contributed by atoms with Gasteiger partial charge in [-0.05, 0) is 158 Å². The number of thiophene rings is 1. The summed E-state index contributed by atoms with van der Waals surface area (Å²) in [7, 11) is 0.506. The van der Waals surface area contributed by atoms with Gasteiger partial charge in [-0.3, -0.25) is 4.68 Å². The highest BCUT2D eigenvalue weighted by Crippen LogP contribution is 2.48. The van der Waals surface area contributed by atoms with Crippen molar-refractivity contribution in [3.05, 3.63) is 105 Å². The van der Waals surface area contributed by atoms with E-state index in [2.05, 4.69) is 54.2 Å². The van der Waals surface area contributed by atoms with Gasteiger partial charge in [0.2, 0.25) is 26.3 Å². The number of fused-ring (bicyclic) bond motifs is 4. The van der Waals surface area contributed by atoms with Crippen molar-refractivity contribution in [1.29, 1.82) is 0 Å². The van der Waals surface area contributed by atoms with Crippen molar-refractivity contribution in [2.45, 2.75) is 124 Å². The fraction of sp³-hybridized carbons (Fsp3) is 0.411. The third-order valence-electron chi connectivity index (χ3n) is 15.2. The number of rotatable bonds is 5. The van der Waals surface area contributed by atoms with E-state index in [-0.39, 0.29) is 58.7 Å². The molecule has 0 atom stereocenters. The first-order chi connectivity index (χ1) is 38.1. The first-order valence-corrected chi connectivity index (χ1v) is 28.5. The van der Waals surface area contributed by atoms with Crippen LogP contribution >= 0.6 is 43.2 Å². The Balaban J connectivity index is 0.000000129. The summed E-state index contributed by atoms with van der Waals surface area (Å²) in [5, 5.41) is 25.1. The lowest BCUT2D eigenvalue weighted by atomic mass is 9.49. The van der Waals surface area contributed by atoms with E-state index in [1.807, 2.05) is 157 Å². The van der Waals surface area contributed by atoms with Gasteiger partial charge in [0.1, 0.15) is 0 Å². The highest BCUT2D eigenvalue weighted by molar-refractivity contribution is 9.11. The van der Waals surface area contributed by atoms with E-state index in [1.165, 1.54) is 6.07 Å². The van der Waals surface area contributed by atoms with Gasteiger partial charge in [0.25, 0.3) is 0 Å². The highest BCUT2D eigenvalue weighted by atomic mass is 79.9. The van der Waals surface area contributed by atoms with Crippen molar-refractivity contribution < 1.29 is 66.6 Å². The SMILES string of the molecule is Brc1cccc2c1OCO2.CC1(C)OB(B2OC(C)(C)C(C)(C)O2)OC1(C)C.CC1(C)OB(c2cccc3c2OCO3)OC1(C)C.Cc1sc2cnc(Nc3cnn(C)c3)nc2c1-c1cccc2c1OCO2.Oc1cccc(Br)c1O. The van der Waals surface area contributed by atoms with Crippen molar-refractivity contribution >= 4 is 91.6 Å². The lowest BCUT2D eigenvalue weighted by Gasteiger charge is -2.32. The lowest BCUT2D eigenvalue weighted by molar-refractivity contribution is 0.00578. The van der Waals surface area contributed by atoms with Crippen LogP contribution in [0.2, 0.25) is 0 Å². The zero-order chi connectivity index (χ0) is 58.5. The predicted octanol–water partition coefficient (Wildman–Crippen LogP) is 11.9. The number of phenols is 2. The number of nitrogens with one attached hydrogen (secondary N) is 1. The maximum Gasteiger partial charge on any atom is 0.498 e. The summed E-state index contributed by atoms with van der Waals surface area (Å²) in [6, 6.07) is 22.1. The van der Waals surface area contributed by atoms with Crippen LogP contribution in [-0.2, 0) is 35.0 Å². The van der Waals surface area contributed by atoms with Gasteiger partial charge in [0.05, 0.1) is 70.8 Å². The molecular weight excluding hydrogens is 1190 g/mol. The third kappa shape index (κ3) is 12.6. The van der Waals surface area contributed by atoms with Crippen LogP contribution in [0.3, 0.4) is 0 Å². The van der Waals surface area contributed by atoms with Crippen molar-refractivity contribution in [3.63, 3.8) is 0 Å². The van der Waals surface area contributed by atoms with Crippen LogP contribution < -0.4 is 39.2 Å². The molecule has 7 aromatic rings. The molecule has 3 fully saturated rings. The first-order valence-electron chi connectivity index (χ1n) is 26.1. The maximum absolute atomic E-state index is 8.91. The molecule has 3 N–H and O–H groups in total. The van der Waals surface area contributed by atoms with E-state index in [0.29, 0.717) is 17.2 Å². The first kappa shape index (κ1) is 59.9.